The first-order valence-corrected chi connectivity index (χ1v) is 5.54. The van der Waals surface area contributed by atoms with Crippen molar-refractivity contribution in [2.24, 2.45) is 5.73 Å². The minimum absolute atomic E-state index is 0.0598. The van der Waals surface area contributed by atoms with Crippen LogP contribution in [0.1, 0.15) is 24.0 Å². The van der Waals surface area contributed by atoms with Gasteiger partial charge in [0.1, 0.15) is 11.9 Å². The number of nitrogens with two attached hydrogens (primary N) is 1. The maximum absolute atomic E-state index is 13.8. The third-order valence-corrected chi connectivity index (χ3v) is 3.48. The minimum atomic E-state index is -4.63. The zero-order valence-corrected chi connectivity index (χ0v) is 9.67. The van der Waals surface area contributed by atoms with Gasteiger partial charge in [-0.15, -0.1) is 0 Å². The largest absolute Gasteiger partial charge is 0.480 e. The van der Waals surface area contributed by atoms with E-state index in [0.29, 0.717) is 18.9 Å². The number of benzene rings is 1. The Bertz CT molecular complexity index is 523. The molecule has 0 spiro atoms. The highest BCUT2D eigenvalue weighted by Gasteiger charge is 2.54. The third kappa shape index (κ3) is 2.30. The van der Waals surface area contributed by atoms with E-state index in [2.05, 4.69) is 0 Å². The second-order valence-electron chi connectivity index (χ2n) is 4.66. The molecular formula is C12H11F4NO2. The van der Waals surface area contributed by atoms with E-state index in [1.54, 1.807) is 0 Å². The average Bonchev–Trinajstić information content (AvgIpc) is 3.07. The number of hydrogen-bond acceptors (Lipinski definition) is 2. The molecule has 0 aliphatic heterocycles. The molecular weight excluding hydrogens is 266 g/mol. The summed E-state index contributed by atoms with van der Waals surface area (Å²) in [5.41, 5.74) is 3.25. The molecule has 1 fully saturated rings. The summed E-state index contributed by atoms with van der Waals surface area (Å²) in [6.07, 6.45) is -3.93. The molecule has 2 rings (SSSR count). The van der Waals surface area contributed by atoms with Gasteiger partial charge in [0.05, 0.1) is 5.56 Å². The second-order valence-corrected chi connectivity index (χ2v) is 4.66. The van der Waals surface area contributed by atoms with Crippen molar-refractivity contribution >= 4 is 5.97 Å². The van der Waals surface area contributed by atoms with E-state index in [0.717, 1.165) is 12.1 Å². The lowest BCUT2D eigenvalue weighted by atomic mass is 9.87. The highest BCUT2D eigenvalue weighted by molar-refractivity contribution is 5.77. The van der Waals surface area contributed by atoms with Crippen LogP contribution in [0, 0.1) is 5.82 Å². The predicted molar refractivity (Wildman–Crippen MR) is 57.9 cm³/mol. The van der Waals surface area contributed by atoms with Crippen molar-refractivity contribution in [1.29, 1.82) is 0 Å². The van der Waals surface area contributed by atoms with Crippen LogP contribution in [0.3, 0.4) is 0 Å². The number of hydrogen-bond donors (Lipinski definition) is 2. The molecule has 1 aliphatic rings. The number of carboxylic acid groups (broad SMARTS) is 1. The minimum Gasteiger partial charge on any atom is -0.480 e. The van der Waals surface area contributed by atoms with E-state index in [1.165, 1.54) is 0 Å². The molecule has 19 heavy (non-hydrogen) atoms. The van der Waals surface area contributed by atoms with Gasteiger partial charge in [-0.2, -0.15) is 13.2 Å². The molecule has 0 radical (unpaired) electrons. The lowest BCUT2D eigenvalue weighted by Gasteiger charge is -2.21. The number of aliphatic carboxylic acids is 1. The summed E-state index contributed by atoms with van der Waals surface area (Å²) in [4.78, 5) is 10.9. The molecule has 0 bridgehead atoms. The van der Waals surface area contributed by atoms with E-state index in [-0.39, 0.29) is 5.56 Å². The molecule has 3 N–H and O–H groups in total. The van der Waals surface area contributed by atoms with Crippen molar-refractivity contribution in [3.63, 3.8) is 0 Å². The first-order valence-electron chi connectivity index (χ1n) is 5.54. The van der Waals surface area contributed by atoms with Gasteiger partial charge in [-0.1, -0.05) is 6.07 Å². The van der Waals surface area contributed by atoms with E-state index >= 15 is 0 Å². The number of rotatable bonds is 3. The van der Waals surface area contributed by atoms with Crippen LogP contribution in [0.4, 0.5) is 17.6 Å². The number of carboxylic acids is 1. The van der Waals surface area contributed by atoms with Crippen LogP contribution < -0.4 is 5.73 Å². The highest BCUT2D eigenvalue weighted by Crippen LogP contribution is 2.51. The van der Waals surface area contributed by atoms with Gasteiger partial charge in [-0.3, -0.25) is 4.79 Å². The SMILES string of the molecule is NC(C(=O)O)C1(c2ccc(C(F)(F)F)cc2F)CC1. The summed E-state index contributed by atoms with van der Waals surface area (Å²) >= 11 is 0. The standard InChI is InChI=1S/C12H11F4NO2/c13-8-5-6(12(14,15)16)1-2-7(8)11(3-4-11)9(17)10(18)19/h1-2,5,9H,3-4,17H2,(H,18,19). The molecule has 0 aromatic heterocycles. The molecule has 1 aromatic carbocycles. The molecule has 3 nitrogen and oxygen atoms in total. The van der Waals surface area contributed by atoms with E-state index in [1.807, 2.05) is 0 Å². The van der Waals surface area contributed by atoms with Gasteiger partial charge in [0, 0.05) is 5.41 Å². The fraction of sp³-hybridized carbons (Fsp3) is 0.417. The molecule has 1 aliphatic carbocycles. The Morgan fingerprint density at radius 3 is 2.32 bits per heavy atom. The Labute approximate surface area is 106 Å². The van der Waals surface area contributed by atoms with Crippen molar-refractivity contribution in [2.45, 2.75) is 30.5 Å². The second kappa shape index (κ2) is 4.19. The van der Waals surface area contributed by atoms with Gasteiger partial charge in [-0.05, 0) is 30.5 Å². The zero-order chi connectivity index (χ0) is 14.4. The molecule has 1 unspecified atom stereocenters. The van der Waals surface area contributed by atoms with E-state index in [9.17, 15) is 22.4 Å². The third-order valence-electron chi connectivity index (χ3n) is 3.48. The van der Waals surface area contributed by atoms with Crippen LogP contribution in [0.5, 0.6) is 0 Å². The highest BCUT2D eigenvalue weighted by atomic mass is 19.4. The summed E-state index contributed by atoms with van der Waals surface area (Å²) in [7, 11) is 0. The lowest BCUT2D eigenvalue weighted by Crippen LogP contribution is -2.42. The Kier molecular flexibility index (Phi) is 3.04. The topological polar surface area (TPSA) is 63.3 Å². The summed E-state index contributed by atoms with van der Waals surface area (Å²) in [6.45, 7) is 0. The molecule has 0 saturated heterocycles. The quantitative estimate of drug-likeness (QED) is 0.833. The maximum Gasteiger partial charge on any atom is 0.416 e. The van der Waals surface area contributed by atoms with Crippen molar-refractivity contribution in [2.75, 3.05) is 0 Å². The van der Waals surface area contributed by atoms with Gasteiger partial charge in [0.2, 0.25) is 0 Å². The van der Waals surface area contributed by atoms with Gasteiger partial charge < -0.3 is 10.8 Å². The Morgan fingerprint density at radius 2 is 1.95 bits per heavy atom. The van der Waals surface area contributed by atoms with Gasteiger partial charge in [0.15, 0.2) is 0 Å². The van der Waals surface area contributed by atoms with E-state index < -0.39 is 35.0 Å². The van der Waals surface area contributed by atoms with Crippen molar-refractivity contribution < 1.29 is 27.5 Å². The van der Waals surface area contributed by atoms with Crippen LogP contribution in [0.25, 0.3) is 0 Å². The average molecular weight is 277 g/mol. The zero-order valence-electron chi connectivity index (χ0n) is 9.67. The molecule has 0 heterocycles. The van der Waals surface area contributed by atoms with Gasteiger partial charge in [-0.25, -0.2) is 4.39 Å². The van der Waals surface area contributed by atoms with Crippen molar-refractivity contribution in [3.05, 3.63) is 35.1 Å². The van der Waals surface area contributed by atoms with Crippen LogP contribution in [0.15, 0.2) is 18.2 Å². The van der Waals surface area contributed by atoms with Gasteiger partial charge >= 0.3 is 12.1 Å². The lowest BCUT2D eigenvalue weighted by molar-refractivity contribution is -0.140. The van der Waals surface area contributed by atoms with E-state index in [4.69, 9.17) is 10.8 Å². The van der Waals surface area contributed by atoms with Gasteiger partial charge in [0.25, 0.3) is 0 Å². The fourth-order valence-electron chi connectivity index (χ4n) is 2.21. The number of alkyl halides is 3. The van der Waals surface area contributed by atoms with Crippen LogP contribution >= 0.6 is 0 Å². The van der Waals surface area contributed by atoms with Crippen LogP contribution in [-0.4, -0.2) is 17.1 Å². The molecule has 0 amide bonds. The Balaban J connectivity index is 2.40. The number of halogens is 4. The Hall–Kier alpha value is -1.63. The summed E-state index contributed by atoms with van der Waals surface area (Å²) in [5, 5.41) is 8.87. The Morgan fingerprint density at radius 1 is 1.37 bits per heavy atom. The summed E-state index contributed by atoms with van der Waals surface area (Å²) in [6, 6.07) is 0.782. The van der Waals surface area contributed by atoms with Crippen molar-refractivity contribution in [1.82, 2.24) is 0 Å². The first-order chi connectivity index (χ1) is 8.68. The maximum atomic E-state index is 13.8. The van der Waals surface area contributed by atoms with Crippen LogP contribution in [-0.2, 0) is 16.4 Å². The summed E-state index contributed by atoms with van der Waals surface area (Å²) < 4.78 is 51.0. The fourth-order valence-corrected chi connectivity index (χ4v) is 2.21. The smallest absolute Gasteiger partial charge is 0.416 e. The molecule has 1 atom stereocenters. The normalized spacial score (nSPS) is 19.0. The monoisotopic (exact) mass is 277 g/mol. The molecule has 1 aromatic rings. The predicted octanol–water partition coefficient (Wildman–Crippen LogP) is 2.29. The van der Waals surface area contributed by atoms with Crippen LogP contribution in [0.2, 0.25) is 0 Å². The molecule has 104 valence electrons. The molecule has 7 heteroatoms. The first kappa shape index (κ1) is 13.8. The molecule has 1 saturated carbocycles. The van der Waals surface area contributed by atoms with Crippen molar-refractivity contribution in [3.8, 4) is 0 Å². The summed E-state index contributed by atoms with van der Waals surface area (Å²) in [5.74, 6) is -2.36. The number of carbonyl (C=O) groups is 1.